The van der Waals surface area contributed by atoms with Gasteiger partial charge in [0.05, 0.1) is 24.8 Å². The van der Waals surface area contributed by atoms with E-state index in [1.54, 1.807) is 31.4 Å². The SMILES string of the molecule is C=C(C(=O)c1ccc(S(=O)(=O)Nc2ccccn2)cc1)c1cc(N2CCCC2)c(OC)cc1OC. The Labute approximate surface area is 205 Å². The molecule has 9 heteroatoms. The van der Waals surface area contributed by atoms with E-state index in [0.717, 1.165) is 31.6 Å². The predicted octanol–water partition coefficient (Wildman–Crippen LogP) is 4.40. The van der Waals surface area contributed by atoms with E-state index in [9.17, 15) is 13.2 Å². The number of anilines is 2. The van der Waals surface area contributed by atoms with Crippen LogP contribution in [0.1, 0.15) is 28.8 Å². The number of allylic oxidation sites excluding steroid dienone is 1. The Hall–Kier alpha value is -3.85. The van der Waals surface area contributed by atoms with Gasteiger partial charge in [-0.15, -0.1) is 0 Å². The lowest BCUT2D eigenvalue weighted by molar-refractivity contribution is 0.105. The number of aromatic nitrogens is 1. The zero-order valence-corrected chi connectivity index (χ0v) is 20.5. The van der Waals surface area contributed by atoms with E-state index in [2.05, 4.69) is 21.2 Å². The Balaban J connectivity index is 1.60. The Bertz CT molecular complexity index is 1330. The number of nitrogens with one attached hydrogen (secondary N) is 1. The van der Waals surface area contributed by atoms with E-state index in [0.29, 0.717) is 22.6 Å². The lowest BCUT2D eigenvalue weighted by Gasteiger charge is -2.23. The maximum absolute atomic E-state index is 13.3. The highest BCUT2D eigenvalue weighted by atomic mass is 32.2. The topological polar surface area (TPSA) is 97.8 Å². The number of carbonyl (C=O) groups excluding carboxylic acids is 1. The molecular formula is C26H27N3O5S. The first-order chi connectivity index (χ1) is 16.8. The first-order valence-corrected chi connectivity index (χ1v) is 12.6. The second kappa shape index (κ2) is 10.2. The van der Waals surface area contributed by atoms with Crippen LogP contribution in [0.5, 0.6) is 11.5 Å². The fourth-order valence-electron chi connectivity index (χ4n) is 4.02. The minimum absolute atomic E-state index is 0.0173. The second-order valence-electron chi connectivity index (χ2n) is 8.07. The van der Waals surface area contributed by atoms with Crippen molar-refractivity contribution in [3.8, 4) is 11.5 Å². The Morgan fingerprint density at radius 1 is 1.00 bits per heavy atom. The molecule has 0 unspecified atom stereocenters. The molecule has 1 saturated heterocycles. The molecule has 2 aromatic carbocycles. The third kappa shape index (κ3) is 5.14. The van der Waals surface area contributed by atoms with E-state index in [4.69, 9.17) is 9.47 Å². The minimum atomic E-state index is -3.85. The molecule has 8 nitrogen and oxygen atoms in total. The number of rotatable bonds is 9. The van der Waals surface area contributed by atoms with Gasteiger partial charge in [-0.1, -0.05) is 12.6 Å². The van der Waals surface area contributed by atoms with Crippen molar-refractivity contribution in [1.82, 2.24) is 4.98 Å². The van der Waals surface area contributed by atoms with Crippen LogP contribution in [-0.2, 0) is 10.0 Å². The fraction of sp³-hybridized carbons (Fsp3) is 0.231. The van der Waals surface area contributed by atoms with Gasteiger partial charge in [-0.3, -0.25) is 9.52 Å². The maximum Gasteiger partial charge on any atom is 0.263 e. The molecule has 3 aromatic rings. The number of sulfonamides is 1. The normalized spacial score (nSPS) is 13.4. The minimum Gasteiger partial charge on any atom is -0.496 e. The van der Waals surface area contributed by atoms with Crippen LogP contribution in [0.2, 0.25) is 0 Å². The smallest absolute Gasteiger partial charge is 0.263 e. The highest BCUT2D eigenvalue weighted by molar-refractivity contribution is 7.92. The highest BCUT2D eigenvalue weighted by Gasteiger charge is 2.23. The molecule has 182 valence electrons. The van der Waals surface area contributed by atoms with Crippen molar-refractivity contribution in [2.24, 2.45) is 0 Å². The number of benzene rings is 2. The lowest BCUT2D eigenvalue weighted by Crippen LogP contribution is -2.19. The number of ether oxygens (including phenoxy) is 2. The van der Waals surface area contributed by atoms with Crippen molar-refractivity contribution in [2.45, 2.75) is 17.7 Å². The number of Topliss-reactive ketones (excluding diaryl/α,β-unsaturated/α-hetero) is 1. The molecule has 1 aliphatic heterocycles. The average Bonchev–Trinajstić information content (AvgIpc) is 3.42. The van der Waals surface area contributed by atoms with Gasteiger partial charge in [-0.05, 0) is 55.3 Å². The van der Waals surface area contributed by atoms with Crippen LogP contribution >= 0.6 is 0 Å². The number of pyridine rings is 1. The molecule has 0 saturated carbocycles. The summed E-state index contributed by atoms with van der Waals surface area (Å²) in [6.45, 7) is 5.85. The van der Waals surface area contributed by atoms with Crippen LogP contribution < -0.4 is 19.1 Å². The maximum atomic E-state index is 13.3. The fourth-order valence-corrected chi connectivity index (χ4v) is 5.03. The third-order valence-corrected chi connectivity index (χ3v) is 7.25. The van der Waals surface area contributed by atoms with Gasteiger partial charge in [0.15, 0.2) is 5.78 Å². The van der Waals surface area contributed by atoms with Crippen LogP contribution in [0, 0.1) is 0 Å². The quantitative estimate of drug-likeness (QED) is 0.349. The molecule has 0 bridgehead atoms. The third-order valence-electron chi connectivity index (χ3n) is 5.88. The molecule has 1 aromatic heterocycles. The molecule has 0 aliphatic carbocycles. The van der Waals surface area contributed by atoms with Crippen LogP contribution in [0.4, 0.5) is 11.5 Å². The first kappa shape index (κ1) is 24.3. The summed E-state index contributed by atoms with van der Waals surface area (Å²) in [6, 6.07) is 14.3. The summed E-state index contributed by atoms with van der Waals surface area (Å²) >= 11 is 0. The van der Waals surface area contributed by atoms with E-state index < -0.39 is 10.0 Å². The number of methoxy groups -OCH3 is 2. The lowest BCUT2D eigenvalue weighted by atomic mass is 9.96. The summed E-state index contributed by atoms with van der Waals surface area (Å²) < 4.78 is 38.8. The molecular weight excluding hydrogens is 466 g/mol. The standard InChI is InChI=1S/C26H27N3O5S/c1-18(21-16-22(29-14-6-7-15-29)24(34-3)17-23(21)33-2)26(30)19-9-11-20(12-10-19)35(31,32)28-25-8-4-5-13-27-25/h4-5,8-13,16-17H,1,6-7,14-15H2,2-3H3,(H,27,28). The Morgan fingerprint density at radius 3 is 2.29 bits per heavy atom. The summed E-state index contributed by atoms with van der Waals surface area (Å²) in [7, 11) is -0.716. The number of hydrogen-bond donors (Lipinski definition) is 1. The number of ketones is 1. The van der Waals surface area contributed by atoms with Gasteiger partial charge >= 0.3 is 0 Å². The summed E-state index contributed by atoms with van der Waals surface area (Å²) in [5.41, 5.74) is 2.00. The van der Waals surface area contributed by atoms with Crippen molar-refractivity contribution in [2.75, 3.05) is 36.9 Å². The van der Waals surface area contributed by atoms with E-state index >= 15 is 0 Å². The van der Waals surface area contributed by atoms with Gasteiger partial charge in [0.2, 0.25) is 0 Å². The van der Waals surface area contributed by atoms with Crippen LogP contribution in [-0.4, -0.2) is 46.5 Å². The van der Waals surface area contributed by atoms with Crippen molar-refractivity contribution in [1.29, 1.82) is 0 Å². The van der Waals surface area contributed by atoms with E-state index in [-0.39, 0.29) is 22.1 Å². The molecule has 35 heavy (non-hydrogen) atoms. The largest absolute Gasteiger partial charge is 0.496 e. The van der Waals surface area contributed by atoms with Crippen molar-refractivity contribution < 1.29 is 22.7 Å². The molecule has 1 aliphatic rings. The summed E-state index contributed by atoms with van der Waals surface area (Å²) in [4.78, 5) is 19.5. The average molecular weight is 494 g/mol. The molecule has 2 heterocycles. The van der Waals surface area contributed by atoms with Crippen molar-refractivity contribution in [3.63, 3.8) is 0 Å². The number of nitrogens with zero attached hydrogens (tertiary/aromatic N) is 2. The Morgan fingerprint density at radius 2 is 1.69 bits per heavy atom. The van der Waals surface area contributed by atoms with Gasteiger partial charge in [-0.25, -0.2) is 13.4 Å². The van der Waals surface area contributed by atoms with Crippen LogP contribution in [0.3, 0.4) is 0 Å². The Kier molecular flexibility index (Phi) is 7.07. The zero-order valence-electron chi connectivity index (χ0n) is 19.7. The van der Waals surface area contributed by atoms with Gasteiger partial charge in [0, 0.05) is 42.1 Å². The molecule has 0 atom stereocenters. The van der Waals surface area contributed by atoms with Crippen molar-refractivity contribution >= 4 is 32.9 Å². The van der Waals surface area contributed by atoms with Gasteiger partial charge in [0.25, 0.3) is 10.0 Å². The van der Waals surface area contributed by atoms with E-state index in [1.165, 1.54) is 37.6 Å². The molecule has 1 N–H and O–H groups in total. The summed E-state index contributed by atoms with van der Waals surface area (Å²) in [5.74, 6) is 1.02. The summed E-state index contributed by atoms with van der Waals surface area (Å²) in [6.07, 6.45) is 3.68. The number of hydrogen-bond acceptors (Lipinski definition) is 7. The predicted molar refractivity (Wildman–Crippen MR) is 136 cm³/mol. The van der Waals surface area contributed by atoms with Crippen molar-refractivity contribution in [3.05, 3.63) is 78.5 Å². The monoisotopic (exact) mass is 493 g/mol. The van der Waals surface area contributed by atoms with Crippen LogP contribution in [0.25, 0.3) is 5.57 Å². The molecule has 0 spiro atoms. The molecule has 0 radical (unpaired) electrons. The molecule has 0 amide bonds. The van der Waals surface area contributed by atoms with Gasteiger partial charge in [0.1, 0.15) is 17.3 Å². The van der Waals surface area contributed by atoms with Gasteiger partial charge in [-0.2, -0.15) is 0 Å². The summed E-state index contributed by atoms with van der Waals surface area (Å²) in [5, 5.41) is 0. The second-order valence-corrected chi connectivity index (χ2v) is 9.75. The first-order valence-electron chi connectivity index (χ1n) is 11.1. The van der Waals surface area contributed by atoms with Gasteiger partial charge < -0.3 is 14.4 Å². The van der Waals surface area contributed by atoms with E-state index in [1.807, 2.05) is 6.07 Å². The zero-order chi connectivity index (χ0) is 25.0. The molecule has 1 fully saturated rings. The van der Waals surface area contributed by atoms with Crippen LogP contribution in [0.15, 0.2) is 72.3 Å². The highest BCUT2D eigenvalue weighted by Crippen LogP contribution is 2.40. The molecule has 4 rings (SSSR count). The number of carbonyl (C=O) groups is 1.